The van der Waals surface area contributed by atoms with E-state index in [1.54, 1.807) is 0 Å². The lowest BCUT2D eigenvalue weighted by atomic mass is 9.96. The molecule has 2 rings (SSSR count). The molecule has 0 aromatic carbocycles. The number of halogens is 1. The summed E-state index contributed by atoms with van der Waals surface area (Å²) < 4.78 is 0.844. The van der Waals surface area contributed by atoms with Gasteiger partial charge in [-0.3, -0.25) is 0 Å². The second-order valence-corrected chi connectivity index (χ2v) is 7.47. The van der Waals surface area contributed by atoms with E-state index in [0.717, 1.165) is 22.8 Å². The second-order valence-electron chi connectivity index (χ2n) is 6.66. The molecule has 0 spiro atoms. The third-order valence-corrected chi connectivity index (χ3v) is 4.21. The molecule has 0 amide bonds. The average Bonchev–Trinajstić information content (AvgIpc) is 2.36. The van der Waals surface area contributed by atoms with Crippen LogP contribution >= 0.6 is 15.9 Å². The van der Waals surface area contributed by atoms with E-state index in [2.05, 4.69) is 63.9 Å². The number of likely N-dealkylation sites (N-methyl/N-ethyl adjacent to an activating group) is 1. The van der Waals surface area contributed by atoms with Gasteiger partial charge in [0.25, 0.3) is 0 Å². The first-order valence-electron chi connectivity index (χ1n) is 7.35. The summed E-state index contributed by atoms with van der Waals surface area (Å²) in [5, 5.41) is 3.48. The molecule has 4 nitrogen and oxygen atoms in total. The Kier molecular flexibility index (Phi) is 5.02. The van der Waals surface area contributed by atoms with Crippen LogP contribution in [0, 0.1) is 0 Å². The summed E-state index contributed by atoms with van der Waals surface area (Å²) in [5.74, 6) is 1.78. The summed E-state index contributed by atoms with van der Waals surface area (Å²) in [4.78, 5) is 11.6. The molecule has 1 unspecified atom stereocenters. The molecule has 1 aliphatic heterocycles. The maximum absolute atomic E-state index is 4.64. The van der Waals surface area contributed by atoms with E-state index in [1.165, 1.54) is 25.8 Å². The lowest BCUT2D eigenvalue weighted by Gasteiger charge is -2.32. The van der Waals surface area contributed by atoms with Gasteiger partial charge in [-0.15, -0.1) is 0 Å². The Morgan fingerprint density at radius 1 is 1.35 bits per heavy atom. The molecule has 1 N–H and O–H groups in total. The monoisotopic (exact) mass is 340 g/mol. The SMILES string of the molecule is CN1CCCCC1CNc1cc(Br)nc(C(C)(C)C)n1. The predicted molar refractivity (Wildman–Crippen MR) is 87.2 cm³/mol. The van der Waals surface area contributed by atoms with Gasteiger partial charge in [0.05, 0.1) is 0 Å². The van der Waals surface area contributed by atoms with Gasteiger partial charge in [0, 0.05) is 24.1 Å². The summed E-state index contributed by atoms with van der Waals surface area (Å²) in [6.07, 6.45) is 3.92. The van der Waals surface area contributed by atoms with Crippen LogP contribution < -0.4 is 5.32 Å². The maximum atomic E-state index is 4.64. The fraction of sp³-hybridized carbons (Fsp3) is 0.733. The number of piperidine rings is 1. The van der Waals surface area contributed by atoms with Crippen molar-refractivity contribution in [2.24, 2.45) is 0 Å². The number of nitrogens with one attached hydrogen (secondary N) is 1. The predicted octanol–water partition coefficient (Wildman–Crippen LogP) is 3.43. The van der Waals surface area contributed by atoms with Crippen LogP contribution in [0.15, 0.2) is 10.7 Å². The highest BCUT2D eigenvalue weighted by Crippen LogP contribution is 2.23. The number of anilines is 1. The van der Waals surface area contributed by atoms with Crippen molar-refractivity contribution < 1.29 is 0 Å². The summed E-state index contributed by atoms with van der Waals surface area (Å²) in [7, 11) is 2.21. The van der Waals surface area contributed by atoms with Crippen LogP contribution in [0.4, 0.5) is 5.82 Å². The highest BCUT2D eigenvalue weighted by molar-refractivity contribution is 9.10. The molecule has 20 heavy (non-hydrogen) atoms. The Morgan fingerprint density at radius 3 is 2.75 bits per heavy atom. The fourth-order valence-corrected chi connectivity index (χ4v) is 2.85. The normalized spacial score (nSPS) is 20.9. The lowest BCUT2D eigenvalue weighted by Crippen LogP contribution is -2.40. The number of likely N-dealkylation sites (tertiary alicyclic amines) is 1. The first kappa shape index (κ1) is 15.7. The van der Waals surface area contributed by atoms with Gasteiger partial charge < -0.3 is 10.2 Å². The van der Waals surface area contributed by atoms with Gasteiger partial charge in [-0.2, -0.15) is 0 Å². The summed E-state index contributed by atoms with van der Waals surface area (Å²) >= 11 is 3.48. The second kappa shape index (κ2) is 6.39. The van der Waals surface area contributed by atoms with E-state index in [0.29, 0.717) is 6.04 Å². The molecule has 0 saturated carbocycles. The van der Waals surface area contributed by atoms with Gasteiger partial charge in [-0.05, 0) is 42.4 Å². The Bertz CT molecular complexity index is 456. The van der Waals surface area contributed by atoms with Gasteiger partial charge in [0.1, 0.15) is 16.2 Å². The number of aromatic nitrogens is 2. The van der Waals surface area contributed by atoms with Crippen molar-refractivity contribution in [1.29, 1.82) is 0 Å². The van der Waals surface area contributed by atoms with Crippen molar-refractivity contribution in [3.05, 3.63) is 16.5 Å². The molecule has 1 atom stereocenters. The van der Waals surface area contributed by atoms with E-state index in [1.807, 2.05) is 6.07 Å². The van der Waals surface area contributed by atoms with Crippen LogP contribution in [0.5, 0.6) is 0 Å². The van der Waals surface area contributed by atoms with Gasteiger partial charge in [-0.1, -0.05) is 27.2 Å². The Morgan fingerprint density at radius 2 is 2.10 bits per heavy atom. The van der Waals surface area contributed by atoms with Crippen molar-refractivity contribution in [3.8, 4) is 0 Å². The van der Waals surface area contributed by atoms with Crippen LogP contribution in [0.3, 0.4) is 0 Å². The van der Waals surface area contributed by atoms with E-state index in [4.69, 9.17) is 0 Å². The third kappa shape index (κ3) is 4.16. The van der Waals surface area contributed by atoms with E-state index in [9.17, 15) is 0 Å². The lowest BCUT2D eigenvalue weighted by molar-refractivity contribution is 0.194. The number of hydrogen-bond donors (Lipinski definition) is 1. The van der Waals surface area contributed by atoms with Crippen molar-refractivity contribution in [3.63, 3.8) is 0 Å². The first-order valence-corrected chi connectivity index (χ1v) is 8.15. The minimum absolute atomic E-state index is 0.0398. The van der Waals surface area contributed by atoms with Crippen LogP contribution in [0.2, 0.25) is 0 Å². The molecule has 1 fully saturated rings. The molecular formula is C15H25BrN4. The van der Waals surface area contributed by atoms with E-state index >= 15 is 0 Å². The Hall–Kier alpha value is -0.680. The average molecular weight is 341 g/mol. The van der Waals surface area contributed by atoms with Gasteiger partial charge >= 0.3 is 0 Å². The van der Waals surface area contributed by atoms with Gasteiger partial charge in [0.2, 0.25) is 0 Å². The molecule has 2 heterocycles. The molecule has 1 aromatic rings. The zero-order chi connectivity index (χ0) is 14.8. The summed E-state index contributed by atoms with van der Waals surface area (Å²) in [6.45, 7) is 8.55. The van der Waals surface area contributed by atoms with Crippen molar-refractivity contribution in [2.45, 2.75) is 51.5 Å². The van der Waals surface area contributed by atoms with Crippen LogP contribution in [-0.4, -0.2) is 41.0 Å². The highest BCUT2D eigenvalue weighted by atomic mass is 79.9. The third-order valence-electron chi connectivity index (χ3n) is 3.81. The molecule has 0 aliphatic carbocycles. The standard InChI is InChI=1S/C15H25BrN4/c1-15(2,3)14-18-12(16)9-13(19-14)17-10-11-7-5-6-8-20(11)4/h9,11H,5-8,10H2,1-4H3,(H,17,18,19). The molecule has 5 heteroatoms. The highest BCUT2D eigenvalue weighted by Gasteiger charge is 2.21. The molecule has 1 saturated heterocycles. The number of hydrogen-bond acceptors (Lipinski definition) is 4. The van der Waals surface area contributed by atoms with Crippen LogP contribution in [-0.2, 0) is 5.41 Å². The van der Waals surface area contributed by atoms with Crippen molar-refractivity contribution in [1.82, 2.24) is 14.9 Å². The largest absolute Gasteiger partial charge is 0.368 e. The van der Waals surface area contributed by atoms with Crippen molar-refractivity contribution in [2.75, 3.05) is 25.5 Å². The molecule has 0 bridgehead atoms. The van der Waals surface area contributed by atoms with E-state index in [-0.39, 0.29) is 5.41 Å². The van der Waals surface area contributed by atoms with E-state index < -0.39 is 0 Å². The Labute approximate surface area is 130 Å². The van der Waals surface area contributed by atoms with Crippen molar-refractivity contribution >= 4 is 21.7 Å². The molecule has 1 aromatic heterocycles. The first-order chi connectivity index (χ1) is 9.36. The van der Waals surface area contributed by atoms with Crippen LogP contribution in [0.1, 0.15) is 45.9 Å². The van der Waals surface area contributed by atoms with Gasteiger partial charge in [-0.25, -0.2) is 9.97 Å². The fourth-order valence-electron chi connectivity index (χ4n) is 2.47. The summed E-state index contributed by atoms with van der Waals surface area (Å²) in [6, 6.07) is 2.56. The molecule has 1 aliphatic rings. The summed E-state index contributed by atoms with van der Waals surface area (Å²) in [5.41, 5.74) is -0.0398. The maximum Gasteiger partial charge on any atom is 0.137 e. The smallest absolute Gasteiger partial charge is 0.137 e. The number of nitrogens with zero attached hydrogens (tertiary/aromatic N) is 3. The molecule has 0 radical (unpaired) electrons. The zero-order valence-corrected chi connectivity index (χ0v) is 14.5. The Balaban J connectivity index is 2.04. The minimum Gasteiger partial charge on any atom is -0.368 e. The minimum atomic E-state index is -0.0398. The molecule has 112 valence electrons. The topological polar surface area (TPSA) is 41.0 Å². The quantitative estimate of drug-likeness (QED) is 0.855. The zero-order valence-electron chi connectivity index (χ0n) is 12.9. The van der Waals surface area contributed by atoms with Gasteiger partial charge in [0.15, 0.2) is 0 Å². The molecular weight excluding hydrogens is 316 g/mol. The van der Waals surface area contributed by atoms with Crippen LogP contribution in [0.25, 0.3) is 0 Å². The number of rotatable bonds is 3.